The Hall–Kier alpha value is -1.38. The number of nitrogens with zero attached hydrogens (tertiary/aromatic N) is 2. The predicted molar refractivity (Wildman–Crippen MR) is 113 cm³/mol. The summed E-state index contributed by atoms with van der Waals surface area (Å²) in [6.07, 6.45) is 14.0. The summed E-state index contributed by atoms with van der Waals surface area (Å²) in [6.45, 7) is 6.93. The standard InChI is InChI=1S/C25H36N2O/c1-16-13-19(27(4)26-16)14-17-15-22-20-9-8-18-7-5-6-11-24(18,2)21(20)10-12-25(22,3)23(17)28/h13-14,18,20-22H,5-12,15H2,1-4H3/b17-14-/t18-,20+,21-,22-,24+,25+/m1/s1. The van der Waals surface area contributed by atoms with Crippen LogP contribution in [0.4, 0.5) is 0 Å². The molecule has 0 bridgehead atoms. The van der Waals surface area contributed by atoms with Crippen LogP contribution < -0.4 is 0 Å². The Labute approximate surface area is 170 Å². The van der Waals surface area contributed by atoms with E-state index in [1.54, 1.807) is 0 Å². The molecule has 28 heavy (non-hydrogen) atoms. The van der Waals surface area contributed by atoms with Crippen molar-refractivity contribution in [1.82, 2.24) is 9.78 Å². The van der Waals surface area contributed by atoms with Gasteiger partial charge in [0.1, 0.15) is 0 Å². The highest BCUT2D eigenvalue weighted by atomic mass is 16.1. The molecule has 152 valence electrons. The molecule has 1 aromatic rings. The molecule has 0 aliphatic heterocycles. The Morgan fingerprint density at radius 1 is 1.11 bits per heavy atom. The van der Waals surface area contributed by atoms with E-state index in [2.05, 4.69) is 31.1 Å². The Morgan fingerprint density at radius 2 is 1.93 bits per heavy atom. The van der Waals surface area contributed by atoms with Crippen LogP contribution in [0.15, 0.2) is 11.6 Å². The van der Waals surface area contributed by atoms with Gasteiger partial charge < -0.3 is 0 Å². The fourth-order valence-corrected chi connectivity index (χ4v) is 8.04. The van der Waals surface area contributed by atoms with E-state index >= 15 is 0 Å². The van der Waals surface area contributed by atoms with Gasteiger partial charge in [0, 0.05) is 12.5 Å². The number of allylic oxidation sites excluding steroid dienone is 1. The van der Waals surface area contributed by atoms with Crippen molar-refractivity contribution >= 4 is 11.9 Å². The Balaban J connectivity index is 1.47. The second-order valence-electron chi connectivity index (χ2n) is 10.9. The minimum Gasteiger partial charge on any atom is -0.294 e. The Bertz CT molecular complexity index is 836. The largest absolute Gasteiger partial charge is 0.294 e. The molecule has 1 heterocycles. The number of carbonyl (C=O) groups is 1. The molecule has 6 atom stereocenters. The van der Waals surface area contributed by atoms with Crippen LogP contribution in [-0.4, -0.2) is 15.6 Å². The number of Topliss-reactive ketones (excluding diaryl/α,β-unsaturated/α-hetero) is 1. The summed E-state index contributed by atoms with van der Waals surface area (Å²) in [5, 5.41) is 4.47. The molecule has 5 rings (SSSR count). The topological polar surface area (TPSA) is 34.9 Å². The van der Waals surface area contributed by atoms with Gasteiger partial charge in [0.15, 0.2) is 5.78 Å². The fraction of sp³-hybridized carbons (Fsp3) is 0.760. The first-order valence-electron chi connectivity index (χ1n) is 11.6. The third kappa shape index (κ3) is 2.53. The molecular formula is C25H36N2O. The lowest BCUT2D eigenvalue weighted by Crippen LogP contribution is -2.52. The minimum absolute atomic E-state index is 0.126. The summed E-state index contributed by atoms with van der Waals surface area (Å²) in [5.41, 5.74) is 3.57. The van der Waals surface area contributed by atoms with Crippen molar-refractivity contribution < 1.29 is 4.79 Å². The van der Waals surface area contributed by atoms with Gasteiger partial charge in [-0.1, -0.05) is 26.7 Å². The van der Waals surface area contributed by atoms with E-state index in [0.717, 1.165) is 47.6 Å². The van der Waals surface area contributed by atoms with Crippen molar-refractivity contribution in [2.45, 2.75) is 78.6 Å². The molecule has 0 saturated heterocycles. The molecule has 1 aromatic heterocycles. The van der Waals surface area contributed by atoms with Crippen LogP contribution in [0.2, 0.25) is 0 Å². The van der Waals surface area contributed by atoms with Crippen molar-refractivity contribution in [2.75, 3.05) is 0 Å². The molecule has 0 spiro atoms. The summed E-state index contributed by atoms with van der Waals surface area (Å²) < 4.78 is 1.91. The first kappa shape index (κ1) is 18.6. The molecule has 4 aliphatic carbocycles. The normalized spacial score (nSPS) is 44.3. The van der Waals surface area contributed by atoms with Crippen LogP contribution in [0.5, 0.6) is 0 Å². The van der Waals surface area contributed by atoms with Gasteiger partial charge in [-0.05, 0) is 98.7 Å². The summed E-state index contributed by atoms with van der Waals surface area (Å²) in [7, 11) is 1.98. The monoisotopic (exact) mass is 380 g/mol. The van der Waals surface area contributed by atoms with Crippen molar-refractivity contribution in [3.63, 3.8) is 0 Å². The van der Waals surface area contributed by atoms with Gasteiger partial charge in [-0.3, -0.25) is 9.48 Å². The van der Waals surface area contributed by atoms with E-state index in [1.165, 1.54) is 44.9 Å². The van der Waals surface area contributed by atoms with Crippen molar-refractivity contribution in [3.8, 4) is 0 Å². The number of aryl methyl sites for hydroxylation is 2. The molecule has 0 N–H and O–H groups in total. The summed E-state index contributed by atoms with van der Waals surface area (Å²) >= 11 is 0. The van der Waals surface area contributed by atoms with Gasteiger partial charge in [0.2, 0.25) is 0 Å². The average molecular weight is 381 g/mol. The second kappa shape index (κ2) is 6.31. The lowest BCUT2D eigenvalue weighted by molar-refractivity contribution is -0.137. The van der Waals surface area contributed by atoms with E-state index in [9.17, 15) is 4.79 Å². The van der Waals surface area contributed by atoms with E-state index in [4.69, 9.17) is 0 Å². The third-order valence-corrected chi connectivity index (χ3v) is 9.58. The van der Waals surface area contributed by atoms with Crippen LogP contribution in [0, 0.1) is 41.4 Å². The fourth-order valence-electron chi connectivity index (χ4n) is 8.04. The minimum atomic E-state index is -0.126. The van der Waals surface area contributed by atoms with Gasteiger partial charge in [-0.25, -0.2) is 0 Å². The lowest BCUT2D eigenvalue weighted by Gasteiger charge is -2.59. The van der Waals surface area contributed by atoms with E-state index in [0.29, 0.717) is 17.1 Å². The molecule has 4 fully saturated rings. The Morgan fingerprint density at radius 3 is 2.68 bits per heavy atom. The Kier molecular flexibility index (Phi) is 4.20. The average Bonchev–Trinajstić information content (AvgIpc) is 3.11. The van der Waals surface area contributed by atoms with Crippen LogP contribution in [-0.2, 0) is 11.8 Å². The maximum absolute atomic E-state index is 13.5. The maximum atomic E-state index is 13.5. The SMILES string of the molecule is Cc1cc(/C=C2/C[C@@H]3[C@H]4CC[C@H]5CCCC[C@]5(C)[C@@H]4CC[C@]3(C)C2=O)n(C)n1. The predicted octanol–water partition coefficient (Wildman–Crippen LogP) is 5.72. The molecule has 0 aromatic carbocycles. The summed E-state index contributed by atoms with van der Waals surface area (Å²) in [6, 6.07) is 2.10. The molecule has 0 unspecified atom stereocenters. The van der Waals surface area contributed by atoms with E-state index in [-0.39, 0.29) is 5.41 Å². The van der Waals surface area contributed by atoms with E-state index in [1.807, 2.05) is 18.7 Å². The number of aromatic nitrogens is 2. The molecule has 4 saturated carbocycles. The van der Waals surface area contributed by atoms with Crippen molar-refractivity contribution in [2.24, 2.45) is 41.5 Å². The zero-order chi connectivity index (χ0) is 19.7. The number of ketones is 1. The maximum Gasteiger partial charge on any atom is 0.165 e. The molecule has 0 amide bonds. The first-order chi connectivity index (χ1) is 13.3. The highest BCUT2D eigenvalue weighted by Gasteiger charge is 2.60. The van der Waals surface area contributed by atoms with Gasteiger partial charge in [-0.15, -0.1) is 0 Å². The highest BCUT2D eigenvalue weighted by molar-refractivity contribution is 6.05. The summed E-state index contributed by atoms with van der Waals surface area (Å²) in [4.78, 5) is 13.5. The summed E-state index contributed by atoms with van der Waals surface area (Å²) in [5.74, 6) is 3.53. The third-order valence-electron chi connectivity index (χ3n) is 9.58. The van der Waals surface area contributed by atoms with Crippen LogP contribution in [0.25, 0.3) is 6.08 Å². The number of rotatable bonds is 1. The van der Waals surface area contributed by atoms with Gasteiger partial charge in [-0.2, -0.15) is 5.10 Å². The smallest absolute Gasteiger partial charge is 0.165 e. The van der Waals surface area contributed by atoms with Crippen molar-refractivity contribution in [3.05, 3.63) is 23.0 Å². The molecule has 3 heteroatoms. The van der Waals surface area contributed by atoms with Crippen LogP contribution in [0.1, 0.15) is 83.0 Å². The molecule has 3 nitrogen and oxygen atoms in total. The molecule has 4 aliphatic rings. The molecule has 0 radical (unpaired) electrons. The van der Waals surface area contributed by atoms with Gasteiger partial charge in [0.05, 0.1) is 11.4 Å². The van der Waals surface area contributed by atoms with Crippen molar-refractivity contribution in [1.29, 1.82) is 0 Å². The second-order valence-corrected chi connectivity index (χ2v) is 10.9. The van der Waals surface area contributed by atoms with Gasteiger partial charge >= 0.3 is 0 Å². The lowest BCUT2D eigenvalue weighted by atomic mass is 9.45. The number of carbonyl (C=O) groups excluding carboxylic acids is 1. The zero-order valence-corrected chi connectivity index (χ0v) is 18.1. The number of fused-ring (bicyclic) bond motifs is 5. The molecular weight excluding hydrogens is 344 g/mol. The quantitative estimate of drug-likeness (QED) is 0.584. The zero-order valence-electron chi connectivity index (χ0n) is 18.1. The van der Waals surface area contributed by atoms with Crippen LogP contribution >= 0.6 is 0 Å². The highest BCUT2D eigenvalue weighted by Crippen LogP contribution is 2.66. The number of hydrogen-bond donors (Lipinski definition) is 0. The van der Waals surface area contributed by atoms with Crippen LogP contribution in [0.3, 0.4) is 0 Å². The van der Waals surface area contributed by atoms with Gasteiger partial charge in [0.25, 0.3) is 0 Å². The number of hydrogen-bond acceptors (Lipinski definition) is 2. The van der Waals surface area contributed by atoms with E-state index < -0.39 is 0 Å². The first-order valence-corrected chi connectivity index (χ1v) is 11.6.